The number of thiophene rings is 1. The Labute approximate surface area is 168 Å². The number of benzene rings is 1. The molecular formula is C19H23N3O4S2. The standard InChI is InChI=1S/C19H23N3O4S2/c1-12-18(13-7-9-22(12)10-8-13)21-19(23)16-5-6-17(27-16)26-14-3-2-4-15(11-14)28(20,24)25/h2-6,11-13,18H,7-10H2,1H3,(H,21,23)(H2,20,24,25)/t12-,18-/m0/s1. The molecule has 0 radical (unpaired) electrons. The van der Waals surface area contributed by atoms with E-state index in [1.165, 1.54) is 23.5 Å². The Kier molecular flexibility index (Phi) is 5.17. The average Bonchev–Trinajstić information content (AvgIpc) is 3.13. The summed E-state index contributed by atoms with van der Waals surface area (Å²) in [6, 6.07) is 9.94. The first kappa shape index (κ1) is 19.4. The topological polar surface area (TPSA) is 102 Å². The lowest BCUT2D eigenvalue weighted by Gasteiger charge is -2.49. The van der Waals surface area contributed by atoms with Crippen LogP contribution in [0.15, 0.2) is 41.3 Å². The zero-order chi connectivity index (χ0) is 19.9. The van der Waals surface area contributed by atoms with Crippen LogP contribution >= 0.6 is 11.3 Å². The molecule has 0 spiro atoms. The molecule has 9 heteroatoms. The molecule has 3 N–H and O–H groups in total. The van der Waals surface area contributed by atoms with Gasteiger partial charge in [-0.15, -0.1) is 0 Å². The maximum atomic E-state index is 12.7. The summed E-state index contributed by atoms with van der Waals surface area (Å²) in [5, 5.41) is 8.87. The molecule has 0 unspecified atom stereocenters. The maximum absolute atomic E-state index is 12.7. The van der Waals surface area contributed by atoms with Crippen molar-refractivity contribution in [1.82, 2.24) is 10.2 Å². The van der Waals surface area contributed by atoms with Gasteiger partial charge in [-0.1, -0.05) is 17.4 Å². The summed E-state index contributed by atoms with van der Waals surface area (Å²) in [6.45, 7) is 4.41. The summed E-state index contributed by atoms with van der Waals surface area (Å²) in [5.41, 5.74) is 0. The highest BCUT2D eigenvalue weighted by molar-refractivity contribution is 7.89. The Balaban J connectivity index is 1.44. The Bertz CT molecular complexity index is 979. The molecule has 2 aromatic rings. The van der Waals surface area contributed by atoms with Crippen LogP contribution in [0.1, 0.15) is 29.4 Å². The second-order valence-electron chi connectivity index (χ2n) is 7.35. The molecular weight excluding hydrogens is 398 g/mol. The Hall–Kier alpha value is -1.94. The van der Waals surface area contributed by atoms with Crippen LogP contribution in [-0.4, -0.2) is 44.4 Å². The van der Waals surface area contributed by atoms with Crippen LogP contribution in [0.3, 0.4) is 0 Å². The number of sulfonamides is 1. The number of carbonyl (C=O) groups excluding carboxylic acids is 1. The predicted octanol–water partition coefficient (Wildman–Crippen LogP) is 2.40. The molecule has 3 aliphatic rings. The third-order valence-corrected chi connectivity index (χ3v) is 7.51. The number of hydrogen-bond donors (Lipinski definition) is 2. The van der Waals surface area contributed by atoms with E-state index in [9.17, 15) is 13.2 Å². The van der Waals surface area contributed by atoms with Gasteiger partial charge < -0.3 is 10.1 Å². The van der Waals surface area contributed by atoms with Gasteiger partial charge in [-0.25, -0.2) is 13.6 Å². The van der Waals surface area contributed by atoms with Crippen molar-refractivity contribution in [1.29, 1.82) is 0 Å². The number of ether oxygens (including phenoxy) is 1. The molecule has 1 aromatic carbocycles. The fourth-order valence-electron chi connectivity index (χ4n) is 4.10. The molecule has 2 atom stereocenters. The molecule has 3 saturated heterocycles. The smallest absolute Gasteiger partial charge is 0.261 e. The van der Waals surface area contributed by atoms with Gasteiger partial charge in [0.05, 0.1) is 9.77 Å². The van der Waals surface area contributed by atoms with Gasteiger partial charge in [0, 0.05) is 18.2 Å². The van der Waals surface area contributed by atoms with Crippen LogP contribution in [-0.2, 0) is 10.0 Å². The second kappa shape index (κ2) is 7.47. The van der Waals surface area contributed by atoms with Crippen molar-refractivity contribution in [2.75, 3.05) is 13.1 Å². The number of primary sulfonamides is 1. The van der Waals surface area contributed by atoms with E-state index < -0.39 is 10.0 Å². The molecule has 1 aromatic heterocycles. The van der Waals surface area contributed by atoms with Crippen molar-refractivity contribution in [3.05, 3.63) is 41.3 Å². The Morgan fingerprint density at radius 3 is 2.68 bits per heavy atom. The minimum Gasteiger partial charge on any atom is -0.447 e. The number of carbonyl (C=O) groups is 1. The third-order valence-electron chi connectivity index (χ3n) is 5.63. The number of fused-ring (bicyclic) bond motifs is 3. The lowest BCUT2D eigenvalue weighted by molar-refractivity contribution is 0.0218. The highest BCUT2D eigenvalue weighted by Gasteiger charge is 2.40. The van der Waals surface area contributed by atoms with E-state index in [0.29, 0.717) is 27.6 Å². The number of rotatable bonds is 5. The quantitative estimate of drug-likeness (QED) is 0.772. The minimum atomic E-state index is -3.80. The summed E-state index contributed by atoms with van der Waals surface area (Å²) in [7, 11) is -3.80. The molecule has 3 fully saturated rings. The van der Waals surface area contributed by atoms with E-state index in [0.717, 1.165) is 25.9 Å². The van der Waals surface area contributed by atoms with Gasteiger partial charge in [0.2, 0.25) is 10.0 Å². The van der Waals surface area contributed by atoms with Crippen LogP contribution in [0.25, 0.3) is 0 Å². The normalized spacial score (nSPS) is 26.8. The van der Waals surface area contributed by atoms with Crippen molar-refractivity contribution in [3.8, 4) is 10.8 Å². The highest BCUT2D eigenvalue weighted by atomic mass is 32.2. The lowest BCUT2D eigenvalue weighted by atomic mass is 9.79. The maximum Gasteiger partial charge on any atom is 0.261 e. The fourth-order valence-corrected chi connectivity index (χ4v) is 5.42. The summed E-state index contributed by atoms with van der Waals surface area (Å²) >= 11 is 1.23. The average molecular weight is 422 g/mol. The van der Waals surface area contributed by atoms with E-state index in [-0.39, 0.29) is 16.8 Å². The lowest BCUT2D eigenvalue weighted by Crippen LogP contribution is -2.62. The molecule has 28 heavy (non-hydrogen) atoms. The van der Waals surface area contributed by atoms with Crippen molar-refractivity contribution in [3.63, 3.8) is 0 Å². The van der Waals surface area contributed by atoms with Gasteiger partial charge in [0.15, 0.2) is 5.06 Å². The van der Waals surface area contributed by atoms with Crippen LogP contribution < -0.4 is 15.2 Å². The predicted molar refractivity (Wildman–Crippen MR) is 107 cm³/mol. The largest absolute Gasteiger partial charge is 0.447 e. The number of hydrogen-bond acceptors (Lipinski definition) is 6. The van der Waals surface area contributed by atoms with E-state index in [1.807, 2.05) is 0 Å². The first-order valence-electron chi connectivity index (χ1n) is 9.27. The van der Waals surface area contributed by atoms with E-state index in [2.05, 4.69) is 17.1 Å². The van der Waals surface area contributed by atoms with Gasteiger partial charge in [0.1, 0.15) is 5.75 Å². The van der Waals surface area contributed by atoms with Crippen molar-refractivity contribution in [2.45, 2.75) is 36.7 Å². The van der Waals surface area contributed by atoms with Gasteiger partial charge in [-0.3, -0.25) is 9.69 Å². The van der Waals surface area contributed by atoms with Crippen molar-refractivity contribution >= 4 is 27.3 Å². The highest BCUT2D eigenvalue weighted by Crippen LogP contribution is 2.34. The van der Waals surface area contributed by atoms with Crippen LogP contribution in [0, 0.1) is 5.92 Å². The number of piperidine rings is 3. The van der Waals surface area contributed by atoms with E-state index in [4.69, 9.17) is 9.88 Å². The molecule has 3 aliphatic heterocycles. The first-order valence-corrected chi connectivity index (χ1v) is 11.6. The van der Waals surface area contributed by atoms with Gasteiger partial charge in [-0.05, 0) is 63.0 Å². The number of amides is 1. The molecule has 4 heterocycles. The SMILES string of the molecule is C[C@H]1[C@H](NC(=O)c2ccc(Oc3cccc(S(N)(=O)=O)c3)s2)C2CCN1CC2. The third kappa shape index (κ3) is 3.93. The van der Waals surface area contributed by atoms with E-state index in [1.54, 1.807) is 24.3 Å². The number of nitrogens with zero attached hydrogens (tertiary/aromatic N) is 1. The number of nitrogens with one attached hydrogen (secondary N) is 1. The van der Waals surface area contributed by atoms with Gasteiger partial charge >= 0.3 is 0 Å². The van der Waals surface area contributed by atoms with Gasteiger partial charge in [0.25, 0.3) is 5.91 Å². The first-order chi connectivity index (χ1) is 13.3. The van der Waals surface area contributed by atoms with Gasteiger partial charge in [-0.2, -0.15) is 0 Å². The Morgan fingerprint density at radius 1 is 1.25 bits per heavy atom. The molecule has 7 nitrogen and oxygen atoms in total. The molecule has 2 bridgehead atoms. The molecule has 0 aliphatic carbocycles. The summed E-state index contributed by atoms with van der Waals surface area (Å²) in [4.78, 5) is 15.7. The van der Waals surface area contributed by atoms with Crippen molar-refractivity contribution < 1.29 is 17.9 Å². The van der Waals surface area contributed by atoms with Crippen molar-refractivity contribution in [2.24, 2.45) is 11.1 Å². The fraction of sp³-hybridized carbons (Fsp3) is 0.421. The van der Waals surface area contributed by atoms with Crippen LogP contribution in [0.4, 0.5) is 0 Å². The number of nitrogens with two attached hydrogens (primary N) is 1. The Morgan fingerprint density at radius 2 is 2.00 bits per heavy atom. The van der Waals surface area contributed by atoms with E-state index >= 15 is 0 Å². The monoisotopic (exact) mass is 421 g/mol. The molecule has 150 valence electrons. The molecule has 0 saturated carbocycles. The summed E-state index contributed by atoms with van der Waals surface area (Å²) in [6.07, 6.45) is 2.27. The second-order valence-corrected chi connectivity index (χ2v) is 9.96. The zero-order valence-corrected chi connectivity index (χ0v) is 17.1. The minimum absolute atomic E-state index is 0.0177. The molecule has 5 rings (SSSR count). The zero-order valence-electron chi connectivity index (χ0n) is 15.5. The summed E-state index contributed by atoms with van der Waals surface area (Å²) in [5.74, 6) is 0.802. The van der Waals surface area contributed by atoms with Crippen LogP contribution in [0.5, 0.6) is 10.8 Å². The van der Waals surface area contributed by atoms with Crippen LogP contribution in [0.2, 0.25) is 0 Å². The molecule has 1 amide bonds. The summed E-state index contributed by atoms with van der Waals surface area (Å²) < 4.78 is 28.7.